The highest BCUT2D eigenvalue weighted by Crippen LogP contribution is 2.39. The summed E-state index contributed by atoms with van der Waals surface area (Å²) < 4.78 is 0. The Kier molecular flexibility index (Phi) is 3.19. The van der Waals surface area contributed by atoms with Gasteiger partial charge in [0.15, 0.2) is 0 Å². The third kappa shape index (κ3) is 2.11. The molecule has 0 bridgehead atoms. The number of fused-ring (bicyclic) bond motifs is 1. The molecule has 1 aliphatic carbocycles. The molecule has 3 rings (SSSR count). The first-order chi connectivity index (χ1) is 9.11. The summed E-state index contributed by atoms with van der Waals surface area (Å²) in [5, 5.41) is 1.08. The second kappa shape index (κ2) is 4.73. The maximum atomic E-state index is 6.82. The van der Waals surface area contributed by atoms with Crippen LogP contribution in [0.3, 0.4) is 0 Å². The fourth-order valence-corrected chi connectivity index (χ4v) is 3.97. The largest absolute Gasteiger partial charge is 0.316 e. The summed E-state index contributed by atoms with van der Waals surface area (Å²) in [7, 11) is 0. The average molecular weight is 272 g/mol. The SMILES string of the molecule is Cc1nc(C2(N)CCCCc3ccccc32)sc1C. The highest BCUT2D eigenvalue weighted by atomic mass is 32.1. The number of rotatable bonds is 1. The van der Waals surface area contributed by atoms with Crippen molar-refractivity contribution in [2.75, 3.05) is 0 Å². The maximum Gasteiger partial charge on any atom is 0.118 e. The number of hydrogen-bond donors (Lipinski definition) is 1. The third-order valence-electron chi connectivity index (χ3n) is 4.18. The summed E-state index contributed by atoms with van der Waals surface area (Å²) in [5.41, 5.74) is 10.2. The highest BCUT2D eigenvalue weighted by molar-refractivity contribution is 7.11. The number of benzene rings is 1. The van der Waals surface area contributed by atoms with E-state index in [9.17, 15) is 0 Å². The van der Waals surface area contributed by atoms with Gasteiger partial charge < -0.3 is 5.73 Å². The Bertz CT molecular complexity index is 583. The predicted octanol–water partition coefficient (Wildman–Crippen LogP) is 3.69. The minimum atomic E-state index is -0.392. The second-order valence-corrected chi connectivity index (χ2v) is 6.70. The first kappa shape index (κ1) is 12.8. The summed E-state index contributed by atoms with van der Waals surface area (Å²) in [6.45, 7) is 4.20. The number of thiazole rings is 1. The van der Waals surface area contributed by atoms with Crippen molar-refractivity contribution in [3.05, 3.63) is 51.0 Å². The first-order valence-corrected chi connectivity index (χ1v) is 7.75. The van der Waals surface area contributed by atoms with Crippen LogP contribution in [0.5, 0.6) is 0 Å². The molecule has 1 unspecified atom stereocenters. The van der Waals surface area contributed by atoms with Gasteiger partial charge in [0.25, 0.3) is 0 Å². The van der Waals surface area contributed by atoms with E-state index in [4.69, 9.17) is 10.7 Å². The van der Waals surface area contributed by atoms with E-state index >= 15 is 0 Å². The molecule has 0 radical (unpaired) electrons. The molecule has 2 N–H and O–H groups in total. The van der Waals surface area contributed by atoms with Crippen molar-refractivity contribution in [1.29, 1.82) is 0 Å². The van der Waals surface area contributed by atoms with Gasteiger partial charge in [-0.1, -0.05) is 30.7 Å². The Labute approximate surface area is 118 Å². The Morgan fingerprint density at radius 1 is 1.21 bits per heavy atom. The molecule has 1 aromatic carbocycles. The summed E-state index contributed by atoms with van der Waals surface area (Å²) in [4.78, 5) is 6.02. The van der Waals surface area contributed by atoms with Crippen LogP contribution >= 0.6 is 11.3 Å². The number of aromatic nitrogens is 1. The van der Waals surface area contributed by atoms with Crippen LogP contribution in [0.25, 0.3) is 0 Å². The van der Waals surface area contributed by atoms with E-state index in [1.165, 1.54) is 28.8 Å². The summed E-state index contributed by atoms with van der Waals surface area (Å²) in [5.74, 6) is 0. The molecular weight excluding hydrogens is 252 g/mol. The molecule has 19 heavy (non-hydrogen) atoms. The Morgan fingerprint density at radius 2 is 2.00 bits per heavy atom. The number of nitrogens with zero attached hydrogens (tertiary/aromatic N) is 1. The Balaban J connectivity index is 2.17. The molecule has 1 heterocycles. The van der Waals surface area contributed by atoms with Gasteiger partial charge in [0.2, 0.25) is 0 Å². The molecule has 0 fully saturated rings. The molecule has 100 valence electrons. The van der Waals surface area contributed by atoms with Crippen molar-refractivity contribution in [1.82, 2.24) is 4.98 Å². The minimum absolute atomic E-state index is 0.392. The van der Waals surface area contributed by atoms with Gasteiger partial charge in [-0.15, -0.1) is 11.3 Å². The van der Waals surface area contributed by atoms with Crippen LogP contribution in [0.1, 0.15) is 46.0 Å². The van der Waals surface area contributed by atoms with Gasteiger partial charge in [0.05, 0.1) is 11.2 Å². The molecule has 0 spiro atoms. The Morgan fingerprint density at radius 3 is 2.74 bits per heavy atom. The van der Waals surface area contributed by atoms with E-state index in [-0.39, 0.29) is 0 Å². The number of nitrogens with two attached hydrogens (primary N) is 1. The predicted molar refractivity (Wildman–Crippen MR) is 80.6 cm³/mol. The van der Waals surface area contributed by atoms with E-state index in [2.05, 4.69) is 38.1 Å². The van der Waals surface area contributed by atoms with Gasteiger partial charge in [0.1, 0.15) is 5.01 Å². The summed E-state index contributed by atoms with van der Waals surface area (Å²) in [6.07, 6.45) is 4.52. The lowest BCUT2D eigenvalue weighted by Gasteiger charge is -2.28. The third-order valence-corrected chi connectivity index (χ3v) is 5.43. The molecule has 0 saturated heterocycles. The molecule has 1 aliphatic rings. The zero-order chi connectivity index (χ0) is 13.5. The van der Waals surface area contributed by atoms with E-state index in [0.29, 0.717) is 0 Å². The summed E-state index contributed by atoms with van der Waals surface area (Å²) in [6, 6.07) is 8.62. The van der Waals surface area contributed by atoms with Crippen LogP contribution in [0.15, 0.2) is 24.3 Å². The molecule has 0 amide bonds. The standard InChI is InChI=1S/C16H20N2S/c1-11-12(2)19-15(18-11)16(17)10-6-5-8-13-7-3-4-9-14(13)16/h3-4,7,9H,5-6,8,10,17H2,1-2H3. The minimum Gasteiger partial charge on any atom is -0.316 e. The number of aryl methyl sites for hydroxylation is 3. The van der Waals surface area contributed by atoms with Crippen molar-refractivity contribution in [3.8, 4) is 0 Å². The monoisotopic (exact) mass is 272 g/mol. The van der Waals surface area contributed by atoms with Gasteiger partial charge >= 0.3 is 0 Å². The van der Waals surface area contributed by atoms with E-state index in [1.807, 2.05) is 0 Å². The fraction of sp³-hybridized carbons (Fsp3) is 0.438. The van der Waals surface area contributed by atoms with Crippen LogP contribution < -0.4 is 5.73 Å². The van der Waals surface area contributed by atoms with Crippen molar-refractivity contribution in [2.24, 2.45) is 5.73 Å². The van der Waals surface area contributed by atoms with E-state index in [1.54, 1.807) is 11.3 Å². The highest BCUT2D eigenvalue weighted by Gasteiger charge is 2.35. The van der Waals surface area contributed by atoms with Gasteiger partial charge in [-0.3, -0.25) is 0 Å². The molecule has 2 aromatic rings. The van der Waals surface area contributed by atoms with Crippen LogP contribution in [0, 0.1) is 13.8 Å². The van der Waals surface area contributed by atoms with Gasteiger partial charge in [0, 0.05) is 4.88 Å². The van der Waals surface area contributed by atoms with E-state index in [0.717, 1.165) is 23.5 Å². The average Bonchev–Trinajstić information content (AvgIpc) is 2.66. The molecule has 0 aliphatic heterocycles. The van der Waals surface area contributed by atoms with Gasteiger partial charge in [-0.05, 0) is 44.2 Å². The van der Waals surface area contributed by atoms with Crippen LogP contribution in [-0.2, 0) is 12.0 Å². The normalized spacial score (nSPS) is 22.9. The second-order valence-electron chi connectivity index (χ2n) is 5.50. The molecule has 1 aromatic heterocycles. The van der Waals surface area contributed by atoms with E-state index < -0.39 is 5.54 Å². The Hall–Kier alpha value is -1.19. The molecule has 1 atom stereocenters. The fourth-order valence-electron chi connectivity index (χ4n) is 2.91. The zero-order valence-corrected chi connectivity index (χ0v) is 12.4. The van der Waals surface area contributed by atoms with Crippen LogP contribution in [-0.4, -0.2) is 4.98 Å². The van der Waals surface area contributed by atoms with Crippen molar-refractivity contribution in [2.45, 2.75) is 45.1 Å². The lowest BCUT2D eigenvalue weighted by molar-refractivity contribution is 0.476. The molecular formula is C16H20N2S. The lowest BCUT2D eigenvalue weighted by atomic mass is 9.86. The van der Waals surface area contributed by atoms with Crippen LogP contribution in [0.2, 0.25) is 0 Å². The van der Waals surface area contributed by atoms with Crippen molar-refractivity contribution < 1.29 is 0 Å². The molecule has 3 heteroatoms. The quantitative estimate of drug-likeness (QED) is 0.804. The topological polar surface area (TPSA) is 38.9 Å². The summed E-state index contributed by atoms with van der Waals surface area (Å²) >= 11 is 1.76. The molecule has 2 nitrogen and oxygen atoms in total. The van der Waals surface area contributed by atoms with Gasteiger partial charge in [-0.25, -0.2) is 4.98 Å². The first-order valence-electron chi connectivity index (χ1n) is 6.93. The van der Waals surface area contributed by atoms with Crippen molar-refractivity contribution >= 4 is 11.3 Å². The number of hydrogen-bond acceptors (Lipinski definition) is 3. The van der Waals surface area contributed by atoms with Gasteiger partial charge in [-0.2, -0.15) is 0 Å². The maximum absolute atomic E-state index is 6.82. The van der Waals surface area contributed by atoms with Crippen LogP contribution in [0.4, 0.5) is 0 Å². The lowest BCUT2D eigenvalue weighted by Crippen LogP contribution is -2.38. The smallest absolute Gasteiger partial charge is 0.118 e. The van der Waals surface area contributed by atoms with Crippen molar-refractivity contribution in [3.63, 3.8) is 0 Å². The zero-order valence-electron chi connectivity index (χ0n) is 11.6. The molecule has 0 saturated carbocycles.